The predicted octanol–water partition coefficient (Wildman–Crippen LogP) is 3.82. The molecule has 0 atom stereocenters. The Kier molecular flexibility index (Phi) is 6.86. The number of piperidine rings is 1. The van der Waals surface area contributed by atoms with E-state index in [1.54, 1.807) is 6.20 Å². The fourth-order valence-corrected chi connectivity index (χ4v) is 4.89. The standard InChI is InChI=1S/C20H33N3O2S/c1-6-10-20(11-7-2)12-8-9-13-22(20)16-18-14-21-19(26(5,24)25)23(18)15-17(3)4/h6-7,14,17H,1-2,8-13,15-16H2,3-5H3. The van der Waals surface area contributed by atoms with Gasteiger partial charge in [0.05, 0.1) is 11.9 Å². The van der Waals surface area contributed by atoms with Gasteiger partial charge in [-0.05, 0) is 38.1 Å². The zero-order chi connectivity index (χ0) is 19.4. The lowest BCUT2D eigenvalue weighted by Gasteiger charge is -2.47. The summed E-state index contributed by atoms with van der Waals surface area (Å²) in [5.74, 6) is 0.343. The topological polar surface area (TPSA) is 55.2 Å². The Bertz CT molecular complexity index is 724. The number of rotatable bonds is 9. The maximum atomic E-state index is 12.1. The molecule has 5 nitrogen and oxygen atoms in total. The first-order valence-electron chi connectivity index (χ1n) is 9.45. The molecular weight excluding hydrogens is 346 g/mol. The number of nitrogens with zero attached hydrogens (tertiary/aromatic N) is 3. The van der Waals surface area contributed by atoms with Crippen molar-refractivity contribution in [2.45, 2.75) is 69.7 Å². The third kappa shape index (κ3) is 4.65. The molecule has 0 N–H and O–H groups in total. The summed E-state index contributed by atoms with van der Waals surface area (Å²) in [6, 6.07) is 0. The molecule has 0 bridgehead atoms. The summed E-state index contributed by atoms with van der Waals surface area (Å²) < 4.78 is 26.2. The highest BCUT2D eigenvalue weighted by atomic mass is 32.2. The second-order valence-electron chi connectivity index (χ2n) is 7.90. The minimum Gasteiger partial charge on any atom is -0.317 e. The van der Waals surface area contributed by atoms with E-state index in [0.29, 0.717) is 19.0 Å². The van der Waals surface area contributed by atoms with Crippen LogP contribution in [0.1, 0.15) is 51.6 Å². The third-order valence-electron chi connectivity index (χ3n) is 5.17. The fraction of sp³-hybridized carbons (Fsp3) is 0.650. The Morgan fingerprint density at radius 3 is 2.46 bits per heavy atom. The molecule has 1 aliphatic heterocycles. The molecule has 0 spiro atoms. The first kappa shape index (κ1) is 20.9. The van der Waals surface area contributed by atoms with Gasteiger partial charge in [-0.2, -0.15) is 0 Å². The Morgan fingerprint density at radius 1 is 1.27 bits per heavy atom. The van der Waals surface area contributed by atoms with E-state index in [4.69, 9.17) is 0 Å². The number of hydrogen-bond donors (Lipinski definition) is 0. The SMILES string of the molecule is C=CCC1(CC=C)CCCCN1Cc1cnc(S(C)(=O)=O)n1CC(C)C. The van der Waals surface area contributed by atoms with Crippen molar-refractivity contribution in [2.24, 2.45) is 5.92 Å². The largest absolute Gasteiger partial charge is 0.317 e. The summed E-state index contributed by atoms with van der Waals surface area (Å²) in [5, 5.41) is 0.177. The van der Waals surface area contributed by atoms with Crippen LogP contribution in [0.5, 0.6) is 0 Å². The molecule has 1 saturated heterocycles. The van der Waals surface area contributed by atoms with Crippen LogP contribution in [0.2, 0.25) is 0 Å². The van der Waals surface area contributed by atoms with E-state index in [2.05, 4.69) is 36.9 Å². The van der Waals surface area contributed by atoms with Gasteiger partial charge in [0, 0.05) is 24.9 Å². The number of hydrogen-bond acceptors (Lipinski definition) is 4. The minimum atomic E-state index is -3.35. The lowest BCUT2D eigenvalue weighted by atomic mass is 9.80. The Hall–Kier alpha value is -1.40. The molecule has 2 rings (SSSR count). The van der Waals surface area contributed by atoms with Crippen LogP contribution in [0.3, 0.4) is 0 Å². The van der Waals surface area contributed by atoms with E-state index < -0.39 is 9.84 Å². The highest BCUT2D eigenvalue weighted by Gasteiger charge is 2.37. The summed E-state index contributed by atoms with van der Waals surface area (Å²) in [6.07, 6.45) is 12.3. The Balaban J connectivity index is 2.40. The zero-order valence-corrected chi connectivity index (χ0v) is 17.3. The van der Waals surface area contributed by atoms with E-state index in [9.17, 15) is 8.42 Å². The number of imidazole rings is 1. The molecule has 1 aromatic heterocycles. The second-order valence-corrected chi connectivity index (χ2v) is 9.81. The van der Waals surface area contributed by atoms with Crippen molar-refractivity contribution in [3.05, 3.63) is 37.2 Å². The summed E-state index contributed by atoms with van der Waals surface area (Å²) in [4.78, 5) is 6.74. The molecule has 6 heteroatoms. The highest BCUT2D eigenvalue weighted by molar-refractivity contribution is 7.90. The molecule has 1 fully saturated rings. The summed E-state index contributed by atoms with van der Waals surface area (Å²) in [5.41, 5.74) is 0.999. The molecule has 0 radical (unpaired) electrons. The molecule has 0 unspecified atom stereocenters. The number of likely N-dealkylation sites (tertiary alicyclic amines) is 1. The molecule has 0 saturated carbocycles. The van der Waals surface area contributed by atoms with Crippen molar-refractivity contribution in [1.82, 2.24) is 14.5 Å². The number of aromatic nitrogens is 2. The maximum absolute atomic E-state index is 12.1. The maximum Gasteiger partial charge on any atom is 0.227 e. The number of sulfone groups is 1. The lowest BCUT2D eigenvalue weighted by Crippen LogP contribution is -2.51. The molecular formula is C20H33N3O2S. The van der Waals surface area contributed by atoms with Gasteiger partial charge in [-0.25, -0.2) is 13.4 Å². The molecule has 1 aliphatic rings. The average molecular weight is 380 g/mol. The fourth-order valence-electron chi connectivity index (χ4n) is 4.05. The van der Waals surface area contributed by atoms with Gasteiger partial charge in [0.25, 0.3) is 0 Å². The normalized spacial score (nSPS) is 18.2. The van der Waals surface area contributed by atoms with Crippen LogP contribution in [0.25, 0.3) is 0 Å². The first-order chi connectivity index (χ1) is 12.2. The summed E-state index contributed by atoms with van der Waals surface area (Å²) in [7, 11) is -3.35. The molecule has 0 aromatic carbocycles. The average Bonchev–Trinajstić information content (AvgIpc) is 2.92. The van der Waals surface area contributed by atoms with Gasteiger partial charge in [0.15, 0.2) is 0 Å². The van der Waals surface area contributed by atoms with Gasteiger partial charge in [0.1, 0.15) is 0 Å². The molecule has 146 valence electrons. The molecule has 2 heterocycles. The van der Waals surface area contributed by atoms with Crippen molar-refractivity contribution < 1.29 is 8.42 Å². The van der Waals surface area contributed by atoms with E-state index in [0.717, 1.165) is 37.9 Å². The van der Waals surface area contributed by atoms with Gasteiger partial charge >= 0.3 is 0 Å². The van der Waals surface area contributed by atoms with Gasteiger partial charge in [-0.3, -0.25) is 4.90 Å². The molecule has 1 aromatic rings. The van der Waals surface area contributed by atoms with Crippen LogP contribution < -0.4 is 0 Å². The second kappa shape index (κ2) is 8.53. The molecule has 0 aliphatic carbocycles. The highest BCUT2D eigenvalue weighted by Crippen LogP contribution is 2.36. The monoisotopic (exact) mass is 379 g/mol. The van der Waals surface area contributed by atoms with Crippen LogP contribution in [0.15, 0.2) is 36.7 Å². The van der Waals surface area contributed by atoms with Crippen LogP contribution in [0.4, 0.5) is 0 Å². The van der Waals surface area contributed by atoms with Crippen molar-refractivity contribution >= 4 is 9.84 Å². The minimum absolute atomic E-state index is 0.0277. The lowest BCUT2D eigenvalue weighted by molar-refractivity contribution is 0.0403. The van der Waals surface area contributed by atoms with Gasteiger partial charge < -0.3 is 4.57 Å². The predicted molar refractivity (Wildman–Crippen MR) is 107 cm³/mol. The van der Waals surface area contributed by atoms with Gasteiger partial charge in [-0.15, -0.1) is 13.2 Å². The molecule has 26 heavy (non-hydrogen) atoms. The smallest absolute Gasteiger partial charge is 0.227 e. The van der Waals surface area contributed by atoms with Crippen LogP contribution in [0, 0.1) is 5.92 Å². The van der Waals surface area contributed by atoms with Gasteiger partial charge in [0.2, 0.25) is 15.0 Å². The van der Waals surface area contributed by atoms with E-state index >= 15 is 0 Å². The van der Waals surface area contributed by atoms with E-state index in [-0.39, 0.29) is 10.7 Å². The Morgan fingerprint density at radius 2 is 1.92 bits per heavy atom. The first-order valence-corrected chi connectivity index (χ1v) is 11.3. The summed E-state index contributed by atoms with van der Waals surface area (Å²) in [6.45, 7) is 14.5. The van der Waals surface area contributed by atoms with Crippen molar-refractivity contribution in [2.75, 3.05) is 12.8 Å². The van der Waals surface area contributed by atoms with Gasteiger partial charge in [-0.1, -0.05) is 32.4 Å². The van der Waals surface area contributed by atoms with Crippen LogP contribution in [-0.2, 0) is 22.9 Å². The van der Waals surface area contributed by atoms with Crippen molar-refractivity contribution in [1.29, 1.82) is 0 Å². The van der Waals surface area contributed by atoms with Crippen LogP contribution >= 0.6 is 0 Å². The van der Waals surface area contributed by atoms with Crippen molar-refractivity contribution in [3.8, 4) is 0 Å². The Labute approximate surface area is 158 Å². The quantitative estimate of drug-likeness (QED) is 0.612. The zero-order valence-electron chi connectivity index (χ0n) is 16.4. The molecule has 0 amide bonds. The third-order valence-corrected chi connectivity index (χ3v) is 6.16. The van der Waals surface area contributed by atoms with Crippen molar-refractivity contribution in [3.63, 3.8) is 0 Å². The van der Waals surface area contributed by atoms with Crippen LogP contribution in [-0.4, -0.2) is 41.2 Å². The summed E-state index contributed by atoms with van der Waals surface area (Å²) >= 11 is 0. The van der Waals surface area contributed by atoms with E-state index in [1.165, 1.54) is 12.7 Å². The van der Waals surface area contributed by atoms with E-state index in [1.807, 2.05) is 16.7 Å².